The summed E-state index contributed by atoms with van der Waals surface area (Å²) >= 11 is 0. The highest BCUT2D eigenvalue weighted by Crippen LogP contribution is 2.79. The van der Waals surface area contributed by atoms with Gasteiger partial charge in [0.25, 0.3) is 0 Å². The van der Waals surface area contributed by atoms with E-state index in [-0.39, 0.29) is 0 Å². The van der Waals surface area contributed by atoms with Gasteiger partial charge in [0, 0.05) is 5.41 Å². The molecule has 4 aliphatic rings. The number of β-lactam (4-membered cyclic amide) rings is 1. The minimum Gasteiger partial charge on any atom is -0.351 e. The van der Waals surface area contributed by atoms with Crippen molar-refractivity contribution in [3.05, 3.63) is 24.3 Å². The second-order valence-electron chi connectivity index (χ2n) is 5.29. The summed E-state index contributed by atoms with van der Waals surface area (Å²) in [5.74, 6) is 0.624. The van der Waals surface area contributed by atoms with Crippen molar-refractivity contribution in [2.45, 2.75) is 25.3 Å². The van der Waals surface area contributed by atoms with E-state index in [1.807, 2.05) is 0 Å². The van der Waals surface area contributed by atoms with Crippen LogP contribution >= 0.6 is 0 Å². The van der Waals surface area contributed by atoms with Gasteiger partial charge in [0.2, 0.25) is 5.91 Å². The first kappa shape index (κ1) is 7.27. The SMILES string of the molecule is O=C1NC2C1CC13CC=CC=CC21C3. The Labute approximate surface area is 83.1 Å². The molecule has 0 aromatic carbocycles. The van der Waals surface area contributed by atoms with Gasteiger partial charge < -0.3 is 5.32 Å². The van der Waals surface area contributed by atoms with Crippen molar-refractivity contribution in [1.82, 2.24) is 5.32 Å². The van der Waals surface area contributed by atoms with Gasteiger partial charge in [-0.3, -0.25) is 4.79 Å². The first-order chi connectivity index (χ1) is 6.78. The number of fused-ring (bicyclic) bond motifs is 1. The minimum atomic E-state index is 0.291. The lowest BCUT2D eigenvalue weighted by Gasteiger charge is -2.37. The second-order valence-corrected chi connectivity index (χ2v) is 5.29. The third kappa shape index (κ3) is 0.537. The van der Waals surface area contributed by atoms with Crippen LogP contribution in [0.3, 0.4) is 0 Å². The van der Waals surface area contributed by atoms with Crippen molar-refractivity contribution in [3.63, 3.8) is 0 Å². The zero-order chi connectivity index (χ0) is 9.39. The minimum absolute atomic E-state index is 0.291. The van der Waals surface area contributed by atoms with Crippen molar-refractivity contribution in [1.29, 1.82) is 0 Å². The van der Waals surface area contributed by atoms with Crippen LogP contribution in [0.5, 0.6) is 0 Å². The van der Waals surface area contributed by atoms with Crippen LogP contribution in [0.15, 0.2) is 24.3 Å². The number of allylic oxidation sites excluding steroid dienone is 3. The van der Waals surface area contributed by atoms with Gasteiger partial charge in [0.05, 0.1) is 12.0 Å². The third-order valence-electron chi connectivity index (χ3n) is 4.85. The van der Waals surface area contributed by atoms with Crippen molar-refractivity contribution >= 4 is 5.91 Å². The van der Waals surface area contributed by atoms with Crippen molar-refractivity contribution in [3.8, 4) is 0 Å². The molecule has 4 rings (SSSR count). The summed E-state index contributed by atoms with van der Waals surface area (Å²) < 4.78 is 0. The Kier molecular flexibility index (Phi) is 0.952. The summed E-state index contributed by atoms with van der Waals surface area (Å²) in [5.41, 5.74) is 0.792. The Hall–Kier alpha value is -1.05. The van der Waals surface area contributed by atoms with E-state index in [0.29, 0.717) is 28.7 Å². The van der Waals surface area contributed by atoms with Gasteiger partial charge in [-0.05, 0) is 24.7 Å². The fourth-order valence-electron chi connectivity index (χ4n) is 4.04. The predicted molar refractivity (Wildman–Crippen MR) is 52.4 cm³/mol. The molecular weight excluding hydrogens is 174 g/mol. The topological polar surface area (TPSA) is 29.1 Å². The summed E-state index contributed by atoms with van der Waals surface area (Å²) in [7, 11) is 0. The largest absolute Gasteiger partial charge is 0.351 e. The van der Waals surface area contributed by atoms with Crippen LogP contribution in [-0.4, -0.2) is 11.9 Å². The standard InChI is InChI=1S/C12H13NO/c14-10-8-6-11-4-2-1-3-5-12(11,7-11)9(8)13-10/h1-3,5,8-9H,4,6-7H2,(H,13,14). The number of rotatable bonds is 0. The Morgan fingerprint density at radius 3 is 3.21 bits per heavy atom. The molecule has 0 radical (unpaired) electrons. The highest BCUT2D eigenvalue weighted by atomic mass is 16.2. The summed E-state index contributed by atoms with van der Waals surface area (Å²) in [6, 6.07) is 0.464. The van der Waals surface area contributed by atoms with E-state index in [9.17, 15) is 4.79 Å². The summed E-state index contributed by atoms with van der Waals surface area (Å²) in [6.45, 7) is 0. The van der Waals surface area contributed by atoms with Gasteiger partial charge in [-0.2, -0.15) is 0 Å². The monoisotopic (exact) mass is 187 g/mol. The molecule has 2 nitrogen and oxygen atoms in total. The number of hydrogen-bond donors (Lipinski definition) is 1. The Bertz CT molecular complexity index is 397. The number of nitrogens with one attached hydrogen (secondary N) is 1. The molecule has 4 unspecified atom stereocenters. The molecule has 0 aromatic rings. The molecule has 0 spiro atoms. The molecule has 3 fully saturated rings. The molecule has 3 aliphatic carbocycles. The Balaban J connectivity index is 1.81. The molecule has 1 saturated heterocycles. The molecule has 2 heteroatoms. The van der Waals surface area contributed by atoms with Crippen LogP contribution in [0.2, 0.25) is 0 Å². The maximum absolute atomic E-state index is 11.3. The summed E-state index contributed by atoms with van der Waals surface area (Å²) in [6.07, 6.45) is 12.5. The van der Waals surface area contributed by atoms with E-state index in [0.717, 1.165) is 6.42 Å². The van der Waals surface area contributed by atoms with E-state index in [2.05, 4.69) is 29.6 Å². The van der Waals surface area contributed by atoms with Crippen molar-refractivity contribution in [2.75, 3.05) is 0 Å². The van der Waals surface area contributed by atoms with Crippen LogP contribution in [0.4, 0.5) is 0 Å². The second kappa shape index (κ2) is 1.83. The Morgan fingerprint density at radius 1 is 1.43 bits per heavy atom. The van der Waals surface area contributed by atoms with Crippen LogP contribution in [0.25, 0.3) is 0 Å². The van der Waals surface area contributed by atoms with E-state index >= 15 is 0 Å². The summed E-state index contributed by atoms with van der Waals surface area (Å²) in [5, 5.41) is 3.09. The molecule has 1 heterocycles. The lowest BCUT2D eigenvalue weighted by Crippen LogP contribution is -2.59. The average molecular weight is 187 g/mol. The highest BCUT2D eigenvalue weighted by molar-refractivity contribution is 5.88. The molecular formula is C12H13NO. The first-order valence-corrected chi connectivity index (χ1v) is 5.42. The number of amides is 1. The zero-order valence-corrected chi connectivity index (χ0v) is 7.99. The average Bonchev–Trinajstić information content (AvgIpc) is 2.75. The summed E-state index contributed by atoms with van der Waals surface area (Å²) in [4.78, 5) is 11.3. The first-order valence-electron chi connectivity index (χ1n) is 5.42. The molecule has 2 saturated carbocycles. The van der Waals surface area contributed by atoms with Gasteiger partial charge >= 0.3 is 0 Å². The number of carbonyl (C=O) groups excluding carboxylic acids is 1. The molecule has 0 bridgehead atoms. The maximum atomic E-state index is 11.3. The lowest BCUT2D eigenvalue weighted by atomic mass is 9.83. The zero-order valence-electron chi connectivity index (χ0n) is 7.99. The van der Waals surface area contributed by atoms with E-state index in [1.165, 1.54) is 12.8 Å². The molecule has 1 aliphatic heterocycles. The molecule has 72 valence electrons. The molecule has 1 N–H and O–H groups in total. The van der Waals surface area contributed by atoms with Crippen LogP contribution in [0, 0.1) is 16.7 Å². The molecule has 1 amide bonds. The van der Waals surface area contributed by atoms with E-state index < -0.39 is 0 Å². The Morgan fingerprint density at radius 2 is 2.36 bits per heavy atom. The normalized spacial score (nSPS) is 56.4. The van der Waals surface area contributed by atoms with Gasteiger partial charge in [-0.15, -0.1) is 0 Å². The fourth-order valence-corrected chi connectivity index (χ4v) is 4.04. The molecule has 4 atom stereocenters. The van der Waals surface area contributed by atoms with E-state index in [1.54, 1.807) is 0 Å². The van der Waals surface area contributed by atoms with Crippen molar-refractivity contribution < 1.29 is 4.79 Å². The van der Waals surface area contributed by atoms with Crippen molar-refractivity contribution in [2.24, 2.45) is 16.7 Å². The molecule has 14 heavy (non-hydrogen) atoms. The van der Waals surface area contributed by atoms with Gasteiger partial charge in [-0.1, -0.05) is 24.3 Å². The fraction of sp³-hybridized carbons (Fsp3) is 0.583. The van der Waals surface area contributed by atoms with Gasteiger partial charge in [0.15, 0.2) is 0 Å². The quantitative estimate of drug-likeness (QED) is 0.571. The number of carbonyl (C=O) groups is 1. The van der Waals surface area contributed by atoms with E-state index in [4.69, 9.17) is 0 Å². The maximum Gasteiger partial charge on any atom is 0.225 e. The third-order valence-corrected chi connectivity index (χ3v) is 4.85. The van der Waals surface area contributed by atoms with Crippen LogP contribution in [0.1, 0.15) is 19.3 Å². The predicted octanol–water partition coefficient (Wildman–Crippen LogP) is 1.40. The smallest absolute Gasteiger partial charge is 0.225 e. The molecule has 0 aromatic heterocycles. The highest BCUT2D eigenvalue weighted by Gasteiger charge is 2.78. The van der Waals surface area contributed by atoms with Gasteiger partial charge in [0.1, 0.15) is 0 Å². The van der Waals surface area contributed by atoms with Crippen LogP contribution in [-0.2, 0) is 4.79 Å². The number of hydrogen-bond acceptors (Lipinski definition) is 1. The van der Waals surface area contributed by atoms with Crippen LogP contribution < -0.4 is 5.32 Å². The van der Waals surface area contributed by atoms with Gasteiger partial charge in [-0.25, -0.2) is 0 Å². The lowest BCUT2D eigenvalue weighted by molar-refractivity contribution is -0.135.